The number of fused-ring (bicyclic) bond motifs is 1. The number of aromatic nitrogens is 4. The van der Waals surface area contributed by atoms with Crippen LogP contribution < -0.4 is 16.1 Å². The van der Waals surface area contributed by atoms with Crippen LogP contribution in [0, 0.1) is 25.2 Å². The standard InChI is InChI=1S/C27H29N7O2/c1-18-8-9-19(2)22(14-18)16-32-10-12-33(13-11-32)26-29-24-23(25(35)30-27(36)31(24)3)34(26)17-21-7-5-4-6-20(21)15-28/h4-9,14H,10-13,16-17H2,1-3H3,(H,30,35,36). The summed E-state index contributed by atoms with van der Waals surface area (Å²) in [6.07, 6.45) is 0. The predicted octanol–water partition coefficient (Wildman–Crippen LogP) is 2.28. The normalized spacial score (nSPS) is 14.3. The molecular weight excluding hydrogens is 454 g/mol. The highest BCUT2D eigenvalue weighted by Crippen LogP contribution is 2.24. The average molecular weight is 484 g/mol. The van der Waals surface area contributed by atoms with Crippen molar-refractivity contribution < 1.29 is 0 Å². The van der Waals surface area contributed by atoms with Gasteiger partial charge in [0, 0.05) is 39.8 Å². The first-order chi connectivity index (χ1) is 17.4. The Morgan fingerprint density at radius 1 is 1.00 bits per heavy atom. The minimum absolute atomic E-state index is 0.305. The number of benzene rings is 2. The Kier molecular flexibility index (Phi) is 6.20. The van der Waals surface area contributed by atoms with Gasteiger partial charge in [0.2, 0.25) is 5.95 Å². The number of rotatable bonds is 5. The first-order valence-corrected chi connectivity index (χ1v) is 12.1. The monoisotopic (exact) mass is 483 g/mol. The third-order valence-corrected chi connectivity index (χ3v) is 7.01. The molecule has 3 heterocycles. The van der Waals surface area contributed by atoms with E-state index >= 15 is 0 Å². The Morgan fingerprint density at radius 3 is 2.50 bits per heavy atom. The average Bonchev–Trinajstić information content (AvgIpc) is 3.25. The van der Waals surface area contributed by atoms with Gasteiger partial charge in [0.25, 0.3) is 5.56 Å². The fraction of sp³-hybridized carbons (Fsp3) is 0.333. The number of aryl methyl sites for hydroxylation is 3. The molecule has 1 saturated heterocycles. The summed E-state index contributed by atoms with van der Waals surface area (Å²) in [5, 5.41) is 9.60. The van der Waals surface area contributed by atoms with Crippen LogP contribution >= 0.6 is 0 Å². The van der Waals surface area contributed by atoms with Crippen LogP contribution in [0.1, 0.15) is 27.8 Å². The maximum atomic E-state index is 12.9. The lowest BCUT2D eigenvalue weighted by atomic mass is 10.0. The third kappa shape index (κ3) is 4.32. The lowest BCUT2D eigenvalue weighted by molar-refractivity contribution is 0.248. The number of nitriles is 1. The number of imidazole rings is 1. The lowest BCUT2D eigenvalue weighted by Crippen LogP contribution is -2.47. The maximum Gasteiger partial charge on any atom is 0.329 e. The summed E-state index contributed by atoms with van der Waals surface area (Å²) in [4.78, 5) is 36.9. The van der Waals surface area contributed by atoms with Crippen molar-refractivity contribution in [3.63, 3.8) is 0 Å². The molecule has 4 aromatic rings. The zero-order valence-electron chi connectivity index (χ0n) is 20.8. The van der Waals surface area contributed by atoms with E-state index in [1.165, 1.54) is 21.3 Å². The molecule has 0 atom stereocenters. The van der Waals surface area contributed by atoms with E-state index in [-0.39, 0.29) is 0 Å². The molecule has 0 bridgehead atoms. The maximum absolute atomic E-state index is 12.9. The highest BCUT2D eigenvalue weighted by Gasteiger charge is 2.25. The van der Waals surface area contributed by atoms with Crippen LogP contribution in [0.25, 0.3) is 11.2 Å². The van der Waals surface area contributed by atoms with E-state index in [1.54, 1.807) is 13.1 Å². The first kappa shape index (κ1) is 23.6. The Labute approximate surface area is 208 Å². The largest absolute Gasteiger partial charge is 0.340 e. The molecule has 1 N–H and O–H groups in total. The van der Waals surface area contributed by atoms with E-state index in [1.807, 2.05) is 22.8 Å². The number of H-pyrrole nitrogens is 1. The second-order valence-corrected chi connectivity index (χ2v) is 9.45. The number of nitrogens with one attached hydrogen (secondary N) is 1. The van der Waals surface area contributed by atoms with Crippen LogP contribution in [0.15, 0.2) is 52.1 Å². The van der Waals surface area contributed by atoms with Gasteiger partial charge in [-0.3, -0.25) is 23.8 Å². The van der Waals surface area contributed by atoms with Crippen molar-refractivity contribution in [2.45, 2.75) is 26.9 Å². The van der Waals surface area contributed by atoms with Crippen molar-refractivity contribution in [3.05, 3.63) is 91.1 Å². The van der Waals surface area contributed by atoms with Gasteiger partial charge >= 0.3 is 5.69 Å². The zero-order chi connectivity index (χ0) is 25.4. The molecular formula is C27H29N7O2. The summed E-state index contributed by atoms with van der Waals surface area (Å²) < 4.78 is 3.20. The molecule has 2 aromatic carbocycles. The molecule has 5 rings (SSSR count). The molecule has 2 aromatic heterocycles. The van der Waals surface area contributed by atoms with Gasteiger partial charge in [-0.2, -0.15) is 10.2 Å². The fourth-order valence-corrected chi connectivity index (χ4v) is 4.87. The van der Waals surface area contributed by atoms with Crippen LogP contribution in [0.4, 0.5) is 5.95 Å². The van der Waals surface area contributed by atoms with Crippen molar-refractivity contribution in [1.29, 1.82) is 5.26 Å². The SMILES string of the molecule is Cc1ccc(C)c(CN2CCN(c3nc4c(c(=O)[nH]c(=O)n4C)n3Cc3ccccc3C#N)CC2)c1. The van der Waals surface area contributed by atoms with E-state index in [0.29, 0.717) is 29.2 Å². The lowest BCUT2D eigenvalue weighted by Gasteiger charge is -2.35. The molecule has 0 amide bonds. The predicted molar refractivity (Wildman–Crippen MR) is 139 cm³/mol. The van der Waals surface area contributed by atoms with Crippen molar-refractivity contribution in [1.82, 2.24) is 24.0 Å². The number of hydrogen-bond acceptors (Lipinski definition) is 6. The fourth-order valence-electron chi connectivity index (χ4n) is 4.87. The smallest absolute Gasteiger partial charge is 0.329 e. The van der Waals surface area contributed by atoms with Crippen LogP contribution in [0.2, 0.25) is 0 Å². The van der Waals surface area contributed by atoms with Gasteiger partial charge in [0.15, 0.2) is 11.2 Å². The van der Waals surface area contributed by atoms with E-state index in [4.69, 9.17) is 4.98 Å². The van der Waals surface area contributed by atoms with Gasteiger partial charge in [-0.05, 0) is 36.6 Å². The van der Waals surface area contributed by atoms with Gasteiger partial charge in [0.05, 0.1) is 18.2 Å². The summed E-state index contributed by atoms with van der Waals surface area (Å²) in [6.45, 7) is 8.63. The quantitative estimate of drug-likeness (QED) is 0.467. The molecule has 1 aliphatic rings. The van der Waals surface area contributed by atoms with Crippen LogP contribution in [-0.2, 0) is 20.1 Å². The third-order valence-electron chi connectivity index (χ3n) is 7.01. The van der Waals surface area contributed by atoms with Crippen LogP contribution in [-0.4, -0.2) is 50.2 Å². The van der Waals surface area contributed by atoms with E-state index in [0.717, 1.165) is 38.3 Å². The first-order valence-electron chi connectivity index (χ1n) is 12.1. The molecule has 9 nitrogen and oxygen atoms in total. The molecule has 0 saturated carbocycles. The summed E-state index contributed by atoms with van der Waals surface area (Å²) in [6, 6.07) is 16.1. The summed E-state index contributed by atoms with van der Waals surface area (Å²) in [5.41, 5.74) is 4.92. The summed E-state index contributed by atoms with van der Waals surface area (Å²) >= 11 is 0. The number of aromatic amines is 1. The topological polar surface area (TPSA) is 103 Å². The van der Waals surface area contributed by atoms with Crippen molar-refractivity contribution >= 4 is 17.1 Å². The molecule has 0 radical (unpaired) electrons. The van der Waals surface area contributed by atoms with Gasteiger partial charge in [-0.1, -0.05) is 42.0 Å². The zero-order valence-corrected chi connectivity index (χ0v) is 20.8. The second kappa shape index (κ2) is 9.47. The minimum Gasteiger partial charge on any atom is -0.340 e. The van der Waals surface area contributed by atoms with Crippen LogP contribution in [0.5, 0.6) is 0 Å². The Morgan fingerprint density at radius 2 is 1.75 bits per heavy atom. The molecule has 1 fully saturated rings. The molecule has 0 spiro atoms. The van der Waals surface area contributed by atoms with E-state index in [9.17, 15) is 14.9 Å². The Bertz CT molecular complexity index is 1600. The molecule has 1 aliphatic heterocycles. The molecule has 0 unspecified atom stereocenters. The van der Waals surface area contributed by atoms with Crippen LogP contribution in [0.3, 0.4) is 0 Å². The van der Waals surface area contributed by atoms with Gasteiger partial charge in [-0.25, -0.2) is 4.79 Å². The van der Waals surface area contributed by atoms with E-state index < -0.39 is 11.2 Å². The Hall–Kier alpha value is -4.16. The minimum atomic E-state index is -0.500. The highest BCUT2D eigenvalue weighted by atomic mass is 16.2. The summed E-state index contributed by atoms with van der Waals surface area (Å²) in [7, 11) is 1.60. The van der Waals surface area contributed by atoms with Gasteiger partial charge < -0.3 is 4.90 Å². The molecule has 36 heavy (non-hydrogen) atoms. The molecule has 9 heteroatoms. The number of hydrogen-bond donors (Lipinski definition) is 1. The van der Waals surface area contributed by atoms with Crippen molar-refractivity contribution in [3.8, 4) is 6.07 Å². The molecule has 184 valence electrons. The number of piperazine rings is 1. The highest BCUT2D eigenvalue weighted by molar-refractivity contribution is 5.74. The summed E-state index contributed by atoms with van der Waals surface area (Å²) in [5.74, 6) is 0.635. The van der Waals surface area contributed by atoms with Crippen molar-refractivity contribution in [2.75, 3.05) is 31.1 Å². The number of nitrogens with zero attached hydrogens (tertiary/aromatic N) is 6. The number of anilines is 1. The Balaban J connectivity index is 1.49. The van der Waals surface area contributed by atoms with Gasteiger partial charge in [-0.15, -0.1) is 0 Å². The molecule has 0 aliphatic carbocycles. The van der Waals surface area contributed by atoms with Gasteiger partial charge in [0.1, 0.15) is 0 Å². The van der Waals surface area contributed by atoms with Crippen molar-refractivity contribution in [2.24, 2.45) is 7.05 Å². The second-order valence-electron chi connectivity index (χ2n) is 9.45. The van der Waals surface area contributed by atoms with E-state index in [2.05, 4.69) is 52.9 Å².